The lowest BCUT2D eigenvalue weighted by molar-refractivity contribution is 0.0254. The largest absolute Gasteiger partial charge is 0.492 e. The minimum Gasteiger partial charge on any atom is -0.492 e. The molecule has 1 aromatic carbocycles. The van der Waals surface area contributed by atoms with Crippen LogP contribution in [0.5, 0.6) is 5.75 Å². The monoisotopic (exact) mass is 425 g/mol. The van der Waals surface area contributed by atoms with Gasteiger partial charge in [0.05, 0.1) is 11.8 Å². The fourth-order valence-electron chi connectivity index (χ4n) is 4.28. The maximum atomic E-state index is 12.7. The molecule has 0 radical (unpaired) electrons. The van der Waals surface area contributed by atoms with Crippen molar-refractivity contribution in [1.29, 1.82) is 0 Å². The summed E-state index contributed by atoms with van der Waals surface area (Å²) in [6.07, 6.45) is 8.94. The topological polar surface area (TPSA) is 90.8 Å². The van der Waals surface area contributed by atoms with Gasteiger partial charge in [0.15, 0.2) is 0 Å². The van der Waals surface area contributed by atoms with Gasteiger partial charge in [-0.05, 0) is 57.0 Å². The zero-order valence-electron chi connectivity index (χ0n) is 17.9. The number of nitrogens with zero attached hydrogens (tertiary/aromatic N) is 4. The quantitative estimate of drug-likeness (QED) is 0.665. The van der Waals surface area contributed by atoms with E-state index in [0.717, 1.165) is 38.4 Å². The van der Waals surface area contributed by atoms with E-state index in [0.29, 0.717) is 30.9 Å². The Bertz CT molecular complexity index is 859. The Morgan fingerprint density at radius 2 is 2.06 bits per heavy atom. The second kappa shape index (κ2) is 10.1. The smallest absolute Gasteiger partial charge is 0.251 e. The molecule has 8 heteroatoms. The van der Waals surface area contributed by atoms with E-state index in [2.05, 4.69) is 20.2 Å². The summed E-state index contributed by atoms with van der Waals surface area (Å²) in [5, 5.41) is 13.9. The van der Waals surface area contributed by atoms with Crippen molar-refractivity contribution >= 4 is 11.7 Å². The van der Waals surface area contributed by atoms with Gasteiger partial charge in [-0.2, -0.15) is 0 Å². The number of rotatable bonds is 8. The second-order valence-electron chi connectivity index (χ2n) is 8.42. The number of carbonyl (C=O) groups excluding carboxylic acids is 1. The van der Waals surface area contributed by atoms with E-state index in [9.17, 15) is 9.90 Å². The number of carbonyl (C=O) groups is 1. The highest BCUT2D eigenvalue weighted by atomic mass is 16.5. The highest BCUT2D eigenvalue weighted by Crippen LogP contribution is 2.24. The highest BCUT2D eigenvalue weighted by molar-refractivity contribution is 5.94. The number of benzene rings is 1. The summed E-state index contributed by atoms with van der Waals surface area (Å²) in [5.41, 5.74) is -0.473. The van der Waals surface area contributed by atoms with Gasteiger partial charge in [0.1, 0.15) is 18.2 Å². The zero-order chi connectivity index (χ0) is 21.5. The Balaban J connectivity index is 1.28. The van der Waals surface area contributed by atoms with E-state index in [1.807, 2.05) is 17.0 Å². The summed E-state index contributed by atoms with van der Waals surface area (Å²) < 4.78 is 5.85. The van der Waals surface area contributed by atoms with Crippen LogP contribution >= 0.6 is 0 Å². The van der Waals surface area contributed by atoms with Crippen LogP contribution in [-0.2, 0) is 0 Å². The molecular formula is C23H31N5O3. The van der Waals surface area contributed by atoms with Crippen LogP contribution in [0.25, 0.3) is 0 Å². The Morgan fingerprint density at radius 3 is 2.87 bits per heavy atom. The number of piperidine rings is 1. The van der Waals surface area contributed by atoms with Crippen LogP contribution < -0.4 is 15.0 Å². The van der Waals surface area contributed by atoms with Crippen molar-refractivity contribution in [1.82, 2.24) is 20.2 Å². The molecule has 2 aliphatic rings. The minimum atomic E-state index is -1.00. The molecule has 2 aliphatic heterocycles. The van der Waals surface area contributed by atoms with Gasteiger partial charge >= 0.3 is 0 Å². The summed E-state index contributed by atoms with van der Waals surface area (Å²) in [7, 11) is 0. The molecule has 1 amide bonds. The molecule has 4 rings (SSSR count). The number of aromatic nitrogens is 2. The Hall–Kier alpha value is -2.71. The molecule has 0 saturated carbocycles. The third kappa shape index (κ3) is 5.92. The second-order valence-corrected chi connectivity index (χ2v) is 8.42. The molecule has 1 unspecified atom stereocenters. The zero-order valence-corrected chi connectivity index (χ0v) is 17.9. The van der Waals surface area contributed by atoms with Gasteiger partial charge in [-0.25, -0.2) is 4.98 Å². The van der Waals surface area contributed by atoms with E-state index in [-0.39, 0.29) is 12.5 Å². The number of amides is 1. The van der Waals surface area contributed by atoms with Gasteiger partial charge in [-0.15, -0.1) is 0 Å². The molecule has 8 nitrogen and oxygen atoms in total. The molecule has 1 aromatic heterocycles. The number of hydrogen-bond acceptors (Lipinski definition) is 7. The van der Waals surface area contributed by atoms with Gasteiger partial charge in [0, 0.05) is 44.1 Å². The van der Waals surface area contributed by atoms with Crippen LogP contribution in [0.15, 0.2) is 42.9 Å². The summed E-state index contributed by atoms with van der Waals surface area (Å²) in [5.74, 6) is 1.22. The fourth-order valence-corrected chi connectivity index (χ4v) is 4.28. The number of β-amino-alcohol motifs (C(OH)–C–C–N with tert-alkyl or cyclic N) is 1. The molecule has 0 spiro atoms. The Labute approximate surface area is 183 Å². The Morgan fingerprint density at radius 1 is 1.19 bits per heavy atom. The van der Waals surface area contributed by atoms with Crippen molar-refractivity contribution in [2.45, 2.75) is 31.3 Å². The van der Waals surface area contributed by atoms with Crippen LogP contribution in [0.4, 0.5) is 5.82 Å². The van der Waals surface area contributed by atoms with E-state index in [1.165, 1.54) is 12.8 Å². The number of ether oxygens (including phenoxy) is 1. The first-order valence-corrected chi connectivity index (χ1v) is 11.1. The third-order valence-electron chi connectivity index (χ3n) is 5.98. The molecular weight excluding hydrogens is 394 g/mol. The number of aliphatic hydroxyl groups is 1. The summed E-state index contributed by atoms with van der Waals surface area (Å²) >= 11 is 0. The number of hydrogen-bond donors (Lipinski definition) is 2. The van der Waals surface area contributed by atoms with E-state index < -0.39 is 5.60 Å². The summed E-state index contributed by atoms with van der Waals surface area (Å²) in [4.78, 5) is 25.5. The summed E-state index contributed by atoms with van der Waals surface area (Å²) in [6.45, 7) is 5.21. The maximum absolute atomic E-state index is 12.7. The van der Waals surface area contributed by atoms with Crippen molar-refractivity contribution in [3.8, 4) is 5.75 Å². The molecule has 3 heterocycles. The standard InChI is InChI=1S/C23H31N5O3/c29-22(19-5-3-6-20(15-19)31-14-13-27-10-1-2-11-27)26-17-23(30)7-4-12-28(18-23)21-16-24-8-9-25-21/h3,5-6,8-9,15-16,30H,1-2,4,7,10-14,17-18H2,(H,26,29). The van der Waals surface area contributed by atoms with Crippen LogP contribution in [0.2, 0.25) is 0 Å². The van der Waals surface area contributed by atoms with Crippen molar-refractivity contribution in [2.24, 2.45) is 0 Å². The van der Waals surface area contributed by atoms with Crippen LogP contribution in [0.3, 0.4) is 0 Å². The van der Waals surface area contributed by atoms with E-state index in [1.54, 1.807) is 30.7 Å². The summed E-state index contributed by atoms with van der Waals surface area (Å²) in [6, 6.07) is 7.22. The van der Waals surface area contributed by atoms with E-state index in [4.69, 9.17) is 4.74 Å². The lowest BCUT2D eigenvalue weighted by Gasteiger charge is -2.39. The first kappa shape index (κ1) is 21.5. The highest BCUT2D eigenvalue weighted by Gasteiger charge is 2.34. The number of likely N-dealkylation sites (tertiary alicyclic amines) is 1. The lowest BCUT2D eigenvalue weighted by Crippen LogP contribution is -2.54. The number of anilines is 1. The van der Waals surface area contributed by atoms with Gasteiger partial charge in [0.25, 0.3) is 5.91 Å². The average Bonchev–Trinajstić information content (AvgIpc) is 3.32. The van der Waals surface area contributed by atoms with Crippen molar-refractivity contribution in [2.75, 3.05) is 50.8 Å². The first-order chi connectivity index (χ1) is 15.1. The first-order valence-electron chi connectivity index (χ1n) is 11.1. The number of nitrogens with one attached hydrogen (secondary N) is 1. The van der Waals surface area contributed by atoms with E-state index >= 15 is 0 Å². The SMILES string of the molecule is O=C(NCC1(O)CCCN(c2cnccn2)C1)c1cccc(OCCN2CCCC2)c1. The van der Waals surface area contributed by atoms with Crippen molar-refractivity contribution in [3.63, 3.8) is 0 Å². The molecule has 2 saturated heterocycles. The molecule has 0 aliphatic carbocycles. The maximum Gasteiger partial charge on any atom is 0.251 e. The van der Waals surface area contributed by atoms with Gasteiger partial charge < -0.3 is 20.1 Å². The van der Waals surface area contributed by atoms with Crippen LogP contribution in [-0.4, -0.2) is 77.4 Å². The van der Waals surface area contributed by atoms with Crippen LogP contribution in [0.1, 0.15) is 36.0 Å². The van der Waals surface area contributed by atoms with Gasteiger partial charge in [-0.1, -0.05) is 6.07 Å². The molecule has 0 bridgehead atoms. The fraction of sp³-hybridized carbons (Fsp3) is 0.522. The third-order valence-corrected chi connectivity index (χ3v) is 5.98. The molecule has 2 aromatic rings. The minimum absolute atomic E-state index is 0.183. The van der Waals surface area contributed by atoms with Gasteiger partial charge in [0.2, 0.25) is 0 Å². The van der Waals surface area contributed by atoms with Gasteiger partial charge in [-0.3, -0.25) is 14.7 Å². The predicted molar refractivity (Wildman–Crippen MR) is 118 cm³/mol. The predicted octanol–water partition coefficient (Wildman–Crippen LogP) is 1.71. The Kier molecular flexibility index (Phi) is 6.99. The van der Waals surface area contributed by atoms with Crippen molar-refractivity contribution < 1.29 is 14.6 Å². The molecule has 166 valence electrons. The molecule has 2 N–H and O–H groups in total. The van der Waals surface area contributed by atoms with Crippen LogP contribution in [0, 0.1) is 0 Å². The van der Waals surface area contributed by atoms with Crippen molar-refractivity contribution in [3.05, 3.63) is 48.4 Å². The normalized spacial score (nSPS) is 21.8. The molecule has 1 atom stereocenters. The molecule has 31 heavy (non-hydrogen) atoms. The molecule has 2 fully saturated rings. The average molecular weight is 426 g/mol. The lowest BCUT2D eigenvalue weighted by atomic mass is 9.92.